The summed E-state index contributed by atoms with van der Waals surface area (Å²) in [5.41, 5.74) is 2.76. The fourth-order valence-corrected chi connectivity index (χ4v) is 2.21. The topological polar surface area (TPSA) is 59.3 Å². The number of methoxy groups -OCH3 is 1. The van der Waals surface area contributed by atoms with Crippen molar-refractivity contribution in [2.45, 2.75) is 20.3 Å². The number of nitriles is 1. The summed E-state index contributed by atoms with van der Waals surface area (Å²) in [7, 11) is 1.34. The van der Waals surface area contributed by atoms with Crippen LogP contribution in [-0.4, -0.2) is 13.1 Å². The molecule has 0 radical (unpaired) electrons. The molecule has 0 amide bonds. The van der Waals surface area contributed by atoms with Gasteiger partial charge in [-0.25, -0.2) is 4.79 Å². The predicted octanol–water partition coefficient (Wildman–Crippen LogP) is 4.01. The van der Waals surface area contributed by atoms with Gasteiger partial charge in [-0.3, -0.25) is 0 Å². The molecule has 0 aromatic heterocycles. The van der Waals surface area contributed by atoms with Crippen molar-refractivity contribution in [1.82, 2.24) is 0 Å². The quantitative estimate of drug-likeness (QED) is 0.800. The lowest BCUT2D eigenvalue weighted by Crippen LogP contribution is -2.02. The number of nitrogens with zero attached hydrogens (tertiary/aromatic N) is 1. The Bertz CT molecular complexity index is 744. The van der Waals surface area contributed by atoms with Crippen molar-refractivity contribution in [3.05, 3.63) is 58.7 Å². The van der Waals surface area contributed by atoms with E-state index in [4.69, 9.17) is 9.47 Å². The predicted molar refractivity (Wildman–Crippen MR) is 83.1 cm³/mol. The average Bonchev–Trinajstić information content (AvgIpc) is 2.55. The zero-order chi connectivity index (χ0) is 16.1. The van der Waals surface area contributed by atoms with Gasteiger partial charge in [0.05, 0.1) is 18.2 Å². The summed E-state index contributed by atoms with van der Waals surface area (Å²) in [6.45, 7) is 3.84. The molecule has 0 aliphatic heterocycles. The number of esters is 1. The molecule has 112 valence electrons. The summed E-state index contributed by atoms with van der Waals surface area (Å²) < 4.78 is 10.6. The van der Waals surface area contributed by atoms with Crippen molar-refractivity contribution in [2.24, 2.45) is 0 Å². The van der Waals surface area contributed by atoms with Crippen LogP contribution in [0.1, 0.15) is 34.0 Å². The van der Waals surface area contributed by atoms with Gasteiger partial charge in [0.25, 0.3) is 0 Å². The highest BCUT2D eigenvalue weighted by atomic mass is 16.5. The Balaban J connectivity index is 2.36. The average molecular weight is 295 g/mol. The molecule has 4 nitrogen and oxygen atoms in total. The highest BCUT2D eigenvalue weighted by Gasteiger charge is 2.12. The number of hydrogen-bond acceptors (Lipinski definition) is 4. The zero-order valence-corrected chi connectivity index (χ0v) is 12.8. The van der Waals surface area contributed by atoms with Crippen LogP contribution in [0.5, 0.6) is 11.5 Å². The van der Waals surface area contributed by atoms with Crippen LogP contribution in [0.4, 0.5) is 0 Å². The Morgan fingerprint density at radius 3 is 2.59 bits per heavy atom. The lowest BCUT2D eigenvalue weighted by molar-refractivity contribution is 0.0600. The van der Waals surface area contributed by atoms with Gasteiger partial charge in [-0.1, -0.05) is 19.1 Å². The van der Waals surface area contributed by atoms with Crippen molar-refractivity contribution in [2.75, 3.05) is 7.11 Å². The maximum absolute atomic E-state index is 11.5. The monoisotopic (exact) mass is 295 g/mol. The second-order valence-corrected chi connectivity index (χ2v) is 4.83. The summed E-state index contributed by atoms with van der Waals surface area (Å²) in [5, 5.41) is 9.34. The first-order chi connectivity index (χ1) is 10.6. The van der Waals surface area contributed by atoms with Gasteiger partial charge in [-0.05, 0) is 48.7 Å². The molecule has 0 heterocycles. The molecule has 4 heteroatoms. The van der Waals surface area contributed by atoms with Crippen molar-refractivity contribution in [1.29, 1.82) is 5.26 Å². The molecule has 0 atom stereocenters. The smallest absolute Gasteiger partial charge is 0.337 e. The largest absolute Gasteiger partial charge is 0.465 e. The molecule has 0 bridgehead atoms. The van der Waals surface area contributed by atoms with Crippen molar-refractivity contribution in [3.63, 3.8) is 0 Å². The first-order valence-electron chi connectivity index (χ1n) is 6.99. The zero-order valence-electron chi connectivity index (χ0n) is 12.8. The maximum atomic E-state index is 11.5. The van der Waals surface area contributed by atoms with Gasteiger partial charge in [0.15, 0.2) is 0 Å². The number of carbonyl (C=O) groups is 1. The second kappa shape index (κ2) is 6.77. The number of carbonyl (C=O) groups excluding carboxylic acids is 1. The van der Waals surface area contributed by atoms with Gasteiger partial charge < -0.3 is 9.47 Å². The van der Waals surface area contributed by atoms with E-state index < -0.39 is 0 Å². The number of hydrogen-bond donors (Lipinski definition) is 0. The first-order valence-corrected chi connectivity index (χ1v) is 6.99. The van der Waals surface area contributed by atoms with E-state index in [0.717, 1.165) is 17.5 Å². The van der Waals surface area contributed by atoms with Crippen LogP contribution in [0.25, 0.3) is 0 Å². The molecule has 0 saturated heterocycles. The molecule has 2 aromatic rings. The first kappa shape index (κ1) is 15.6. The van der Waals surface area contributed by atoms with E-state index in [1.165, 1.54) is 7.11 Å². The molecular formula is C18H17NO3. The summed E-state index contributed by atoms with van der Waals surface area (Å²) in [4.78, 5) is 11.5. The Morgan fingerprint density at radius 2 is 2.00 bits per heavy atom. The minimum Gasteiger partial charge on any atom is -0.465 e. The molecule has 22 heavy (non-hydrogen) atoms. The van der Waals surface area contributed by atoms with Gasteiger partial charge >= 0.3 is 5.97 Å². The lowest BCUT2D eigenvalue weighted by atomic mass is 10.1. The fraction of sp³-hybridized carbons (Fsp3) is 0.222. The van der Waals surface area contributed by atoms with E-state index in [1.807, 2.05) is 26.0 Å². The van der Waals surface area contributed by atoms with Crippen LogP contribution in [0.3, 0.4) is 0 Å². The van der Waals surface area contributed by atoms with Crippen molar-refractivity contribution < 1.29 is 14.3 Å². The third-order valence-corrected chi connectivity index (χ3v) is 3.42. The normalized spacial score (nSPS) is 9.91. The summed E-state index contributed by atoms with van der Waals surface area (Å²) in [6, 6.07) is 12.8. The number of ether oxygens (including phenoxy) is 2. The maximum Gasteiger partial charge on any atom is 0.337 e. The van der Waals surface area contributed by atoms with Crippen LogP contribution in [0.2, 0.25) is 0 Å². The fourth-order valence-electron chi connectivity index (χ4n) is 2.21. The molecular weight excluding hydrogens is 278 g/mol. The van der Waals surface area contributed by atoms with Crippen LogP contribution in [-0.2, 0) is 11.2 Å². The molecule has 0 saturated carbocycles. The summed E-state index contributed by atoms with van der Waals surface area (Å²) >= 11 is 0. The van der Waals surface area contributed by atoms with Gasteiger partial charge in [0, 0.05) is 0 Å². The molecule has 0 aliphatic rings. The van der Waals surface area contributed by atoms with E-state index in [9.17, 15) is 10.1 Å². The number of rotatable bonds is 4. The number of aryl methyl sites for hydroxylation is 2. The Kier molecular flexibility index (Phi) is 4.80. The molecule has 0 aliphatic carbocycles. The van der Waals surface area contributed by atoms with Crippen LogP contribution in [0.15, 0.2) is 36.4 Å². The molecule has 2 aromatic carbocycles. The number of benzene rings is 2. The molecule has 0 fully saturated rings. The van der Waals surface area contributed by atoms with E-state index in [2.05, 4.69) is 6.07 Å². The van der Waals surface area contributed by atoms with E-state index in [0.29, 0.717) is 22.6 Å². The van der Waals surface area contributed by atoms with Gasteiger partial charge in [0.1, 0.15) is 17.6 Å². The van der Waals surface area contributed by atoms with Gasteiger partial charge in [-0.2, -0.15) is 5.26 Å². The lowest BCUT2D eigenvalue weighted by Gasteiger charge is -2.12. The van der Waals surface area contributed by atoms with Gasteiger partial charge in [0.2, 0.25) is 0 Å². The molecule has 0 unspecified atom stereocenters. The Morgan fingerprint density at radius 1 is 1.23 bits per heavy atom. The van der Waals surface area contributed by atoms with Crippen molar-refractivity contribution in [3.8, 4) is 17.6 Å². The summed E-state index contributed by atoms with van der Waals surface area (Å²) in [6.07, 6.45) is 0.764. The molecule has 2 rings (SSSR count). The SMILES string of the molecule is CCc1cccc(Oc2ccc(C(=O)OC)cc2C)c1C#N. The second-order valence-electron chi connectivity index (χ2n) is 4.83. The Labute approximate surface area is 129 Å². The minimum absolute atomic E-state index is 0.389. The van der Waals surface area contributed by atoms with Crippen LogP contribution >= 0.6 is 0 Å². The van der Waals surface area contributed by atoms with E-state index in [1.54, 1.807) is 24.3 Å². The summed E-state index contributed by atoms with van der Waals surface area (Å²) in [5.74, 6) is 0.744. The highest BCUT2D eigenvalue weighted by Crippen LogP contribution is 2.30. The van der Waals surface area contributed by atoms with Gasteiger partial charge in [-0.15, -0.1) is 0 Å². The van der Waals surface area contributed by atoms with E-state index in [-0.39, 0.29) is 5.97 Å². The highest BCUT2D eigenvalue weighted by molar-refractivity contribution is 5.89. The van der Waals surface area contributed by atoms with Crippen LogP contribution in [0, 0.1) is 18.3 Å². The Hall–Kier alpha value is -2.80. The minimum atomic E-state index is -0.389. The van der Waals surface area contributed by atoms with E-state index >= 15 is 0 Å². The molecule has 0 N–H and O–H groups in total. The third-order valence-electron chi connectivity index (χ3n) is 3.42. The standard InChI is InChI=1S/C18H17NO3/c1-4-13-6-5-7-17(15(13)11-19)22-16-9-8-14(10-12(16)2)18(20)21-3/h5-10H,4H2,1-3H3. The third kappa shape index (κ3) is 3.09. The van der Waals surface area contributed by atoms with Crippen LogP contribution < -0.4 is 4.74 Å². The molecule has 0 spiro atoms. The van der Waals surface area contributed by atoms with Crippen molar-refractivity contribution >= 4 is 5.97 Å².